The second-order valence-corrected chi connectivity index (χ2v) is 6.59. The first-order chi connectivity index (χ1) is 7.61. The van der Waals surface area contributed by atoms with Crippen LogP contribution in [0, 0.1) is 0 Å². The van der Waals surface area contributed by atoms with E-state index in [1.165, 1.54) is 22.7 Å². The molecule has 16 heavy (non-hydrogen) atoms. The number of aromatic nitrogens is 1. The lowest BCUT2D eigenvalue weighted by atomic mass is 10.3. The van der Waals surface area contributed by atoms with Crippen molar-refractivity contribution in [2.24, 2.45) is 0 Å². The summed E-state index contributed by atoms with van der Waals surface area (Å²) in [5.74, 6) is -0.963. The van der Waals surface area contributed by atoms with Crippen LogP contribution in [0.4, 0.5) is 0 Å². The zero-order chi connectivity index (χ0) is 11.7. The number of carboxylic acid groups (broad SMARTS) is 1. The number of hydrogen-bond donors (Lipinski definition) is 1. The van der Waals surface area contributed by atoms with Gasteiger partial charge in [0.25, 0.3) is 0 Å². The number of rotatable bonds is 3. The zero-order valence-electron chi connectivity index (χ0n) is 8.36. The first-order valence-corrected chi connectivity index (χ1v) is 7.03. The number of aromatic carboxylic acids is 1. The molecule has 0 bridgehead atoms. The van der Waals surface area contributed by atoms with Crippen molar-refractivity contribution in [3.05, 3.63) is 26.6 Å². The molecule has 2 rings (SSSR count). The molecular formula is C10H8BrNO2S2. The predicted octanol–water partition coefficient (Wildman–Crippen LogP) is 3.89. The average Bonchev–Trinajstić information content (AvgIpc) is 2.82. The summed E-state index contributed by atoms with van der Waals surface area (Å²) in [5.41, 5.74) is 0.163. The van der Waals surface area contributed by atoms with Gasteiger partial charge in [0.1, 0.15) is 0 Å². The van der Waals surface area contributed by atoms with Crippen molar-refractivity contribution in [1.29, 1.82) is 0 Å². The molecule has 6 heteroatoms. The molecule has 0 aliphatic rings. The molecule has 0 amide bonds. The van der Waals surface area contributed by atoms with Gasteiger partial charge in [0, 0.05) is 4.88 Å². The molecule has 2 aromatic rings. The van der Waals surface area contributed by atoms with E-state index < -0.39 is 5.97 Å². The van der Waals surface area contributed by atoms with Gasteiger partial charge in [-0.1, -0.05) is 6.92 Å². The summed E-state index contributed by atoms with van der Waals surface area (Å²) in [4.78, 5) is 16.9. The van der Waals surface area contributed by atoms with E-state index in [9.17, 15) is 4.79 Å². The summed E-state index contributed by atoms with van der Waals surface area (Å²) in [6.45, 7) is 1.97. The minimum Gasteiger partial charge on any atom is -0.476 e. The van der Waals surface area contributed by atoms with Crippen LogP contribution in [0.25, 0.3) is 9.75 Å². The van der Waals surface area contributed by atoms with Gasteiger partial charge in [0.05, 0.1) is 13.7 Å². The summed E-state index contributed by atoms with van der Waals surface area (Å²) in [5, 5.41) is 9.94. The van der Waals surface area contributed by atoms with Gasteiger partial charge in [-0.05, 0) is 34.5 Å². The number of thiophene rings is 1. The Morgan fingerprint density at radius 2 is 2.25 bits per heavy atom. The van der Waals surface area contributed by atoms with Crippen LogP contribution in [0.3, 0.4) is 0 Å². The van der Waals surface area contributed by atoms with E-state index in [4.69, 9.17) is 5.11 Å². The van der Waals surface area contributed by atoms with Crippen LogP contribution in [0.1, 0.15) is 22.4 Å². The third-order valence-electron chi connectivity index (χ3n) is 1.97. The van der Waals surface area contributed by atoms with E-state index in [0.29, 0.717) is 0 Å². The summed E-state index contributed by atoms with van der Waals surface area (Å²) < 4.78 is 0.991. The Balaban J connectivity index is 2.54. The Morgan fingerprint density at radius 1 is 1.50 bits per heavy atom. The van der Waals surface area contributed by atoms with E-state index in [2.05, 4.69) is 20.9 Å². The van der Waals surface area contributed by atoms with Crippen molar-refractivity contribution in [2.75, 3.05) is 0 Å². The zero-order valence-corrected chi connectivity index (χ0v) is 11.6. The standard InChI is InChI=1S/C10H8BrNO2S2/c1-2-7-12-8(10(13)14)9(16-7)5-3-4-6(11)15-5/h3-4H,2H2,1H3,(H,13,14). The third kappa shape index (κ3) is 2.18. The lowest BCUT2D eigenvalue weighted by Crippen LogP contribution is -1.98. The van der Waals surface area contributed by atoms with Crippen LogP contribution in [0.15, 0.2) is 15.9 Å². The number of halogens is 1. The molecule has 0 atom stereocenters. The van der Waals surface area contributed by atoms with Gasteiger partial charge in [0.2, 0.25) is 0 Å². The minimum absolute atomic E-state index is 0.163. The topological polar surface area (TPSA) is 50.2 Å². The molecule has 0 radical (unpaired) electrons. The smallest absolute Gasteiger partial charge is 0.356 e. The highest BCUT2D eigenvalue weighted by atomic mass is 79.9. The third-order valence-corrected chi connectivity index (χ3v) is 4.98. The highest BCUT2D eigenvalue weighted by Crippen LogP contribution is 2.37. The molecule has 0 aliphatic heterocycles. The molecule has 0 fully saturated rings. The lowest BCUT2D eigenvalue weighted by Gasteiger charge is -1.92. The van der Waals surface area contributed by atoms with E-state index in [1.807, 2.05) is 19.1 Å². The molecule has 2 aromatic heterocycles. The highest BCUT2D eigenvalue weighted by molar-refractivity contribution is 9.11. The summed E-state index contributed by atoms with van der Waals surface area (Å²) >= 11 is 6.34. The fourth-order valence-corrected chi connectivity index (χ4v) is 3.76. The average molecular weight is 318 g/mol. The van der Waals surface area contributed by atoms with Crippen LogP contribution in [0.2, 0.25) is 0 Å². The summed E-state index contributed by atoms with van der Waals surface area (Å²) in [6, 6.07) is 3.82. The van der Waals surface area contributed by atoms with Crippen molar-refractivity contribution in [3.63, 3.8) is 0 Å². The number of thiazole rings is 1. The minimum atomic E-state index is -0.963. The van der Waals surface area contributed by atoms with Crippen molar-refractivity contribution in [1.82, 2.24) is 4.98 Å². The molecule has 0 saturated carbocycles. The second-order valence-electron chi connectivity index (χ2n) is 3.05. The molecule has 84 valence electrons. The van der Waals surface area contributed by atoms with Crippen LogP contribution in [-0.2, 0) is 6.42 Å². The van der Waals surface area contributed by atoms with Gasteiger partial charge >= 0.3 is 5.97 Å². The fraction of sp³-hybridized carbons (Fsp3) is 0.200. The van der Waals surface area contributed by atoms with Crippen LogP contribution >= 0.6 is 38.6 Å². The number of carbonyl (C=O) groups is 1. The van der Waals surface area contributed by atoms with Gasteiger partial charge in [0.15, 0.2) is 5.69 Å². The largest absolute Gasteiger partial charge is 0.476 e. The Hall–Kier alpha value is -0.720. The van der Waals surface area contributed by atoms with Crippen molar-refractivity contribution >= 4 is 44.6 Å². The van der Waals surface area contributed by atoms with Gasteiger partial charge < -0.3 is 5.11 Å². The van der Waals surface area contributed by atoms with E-state index in [-0.39, 0.29) is 5.69 Å². The Kier molecular flexibility index (Phi) is 3.41. The van der Waals surface area contributed by atoms with E-state index in [0.717, 1.165) is 25.0 Å². The Bertz CT molecular complexity index is 533. The maximum Gasteiger partial charge on any atom is 0.356 e. The summed E-state index contributed by atoms with van der Waals surface area (Å²) in [7, 11) is 0. The number of aryl methyl sites for hydroxylation is 1. The molecular weight excluding hydrogens is 310 g/mol. The Morgan fingerprint density at radius 3 is 2.75 bits per heavy atom. The van der Waals surface area contributed by atoms with Gasteiger partial charge in [-0.25, -0.2) is 9.78 Å². The monoisotopic (exact) mass is 317 g/mol. The van der Waals surface area contributed by atoms with Crippen LogP contribution < -0.4 is 0 Å². The molecule has 0 aliphatic carbocycles. The molecule has 1 N–H and O–H groups in total. The first-order valence-electron chi connectivity index (χ1n) is 4.60. The van der Waals surface area contributed by atoms with Crippen LogP contribution in [-0.4, -0.2) is 16.1 Å². The molecule has 0 unspecified atom stereocenters. The van der Waals surface area contributed by atoms with Gasteiger partial charge in [-0.2, -0.15) is 0 Å². The summed E-state index contributed by atoms with van der Waals surface area (Å²) in [6.07, 6.45) is 0.761. The maximum atomic E-state index is 11.1. The molecule has 2 heterocycles. The van der Waals surface area contributed by atoms with E-state index in [1.54, 1.807) is 0 Å². The first kappa shape index (κ1) is 11.8. The SMILES string of the molecule is CCc1nc(C(=O)O)c(-c2ccc(Br)s2)s1. The second kappa shape index (κ2) is 4.65. The molecule has 0 spiro atoms. The fourth-order valence-electron chi connectivity index (χ4n) is 1.26. The molecule has 0 saturated heterocycles. The maximum absolute atomic E-state index is 11.1. The van der Waals surface area contributed by atoms with Gasteiger partial charge in [-0.15, -0.1) is 22.7 Å². The lowest BCUT2D eigenvalue weighted by molar-refractivity contribution is 0.0692. The van der Waals surface area contributed by atoms with Crippen molar-refractivity contribution < 1.29 is 9.90 Å². The molecule has 0 aromatic carbocycles. The van der Waals surface area contributed by atoms with Gasteiger partial charge in [-0.3, -0.25) is 0 Å². The molecule has 3 nitrogen and oxygen atoms in total. The number of carboxylic acids is 1. The van der Waals surface area contributed by atoms with E-state index >= 15 is 0 Å². The Labute approximate surface area is 109 Å². The number of nitrogens with zero attached hydrogens (tertiary/aromatic N) is 1. The van der Waals surface area contributed by atoms with Crippen LogP contribution in [0.5, 0.6) is 0 Å². The normalized spacial score (nSPS) is 10.6. The van der Waals surface area contributed by atoms with Crippen molar-refractivity contribution in [2.45, 2.75) is 13.3 Å². The van der Waals surface area contributed by atoms with Crippen molar-refractivity contribution in [3.8, 4) is 9.75 Å². The quantitative estimate of drug-likeness (QED) is 0.934. The number of hydrogen-bond acceptors (Lipinski definition) is 4. The highest BCUT2D eigenvalue weighted by Gasteiger charge is 2.19. The predicted molar refractivity (Wildman–Crippen MR) is 69.5 cm³/mol.